The van der Waals surface area contributed by atoms with Gasteiger partial charge in [0, 0.05) is 19.3 Å². The molecule has 0 aliphatic heterocycles. The minimum absolute atomic E-state index is 0.0720. The Bertz CT molecular complexity index is 1330. The van der Waals surface area contributed by atoms with Gasteiger partial charge in [0.2, 0.25) is 0 Å². The van der Waals surface area contributed by atoms with Gasteiger partial charge in [0.05, 0.1) is 0 Å². The van der Waals surface area contributed by atoms with Crippen LogP contribution in [-0.2, 0) is 28.6 Å². The smallest absolute Gasteiger partial charge is 0.306 e. The maximum Gasteiger partial charge on any atom is 0.306 e. The molecule has 450 valence electrons. The van der Waals surface area contributed by atoms with Crippen molar-refractivity contribution in [3.63, 3.8) is 0 Å². The predicted octanol–water partition coefficient (Wildman–Crippen LogP) is 23.3. The molecule has 6 nitrogen and oxygen atoms in total. The summed E-state index contributed by atoms with van der Waals surface area (Å²) in [6.45, 7) is 6.68. The van der Waals surface area contributed by atoms with Crippen molar-refractivity contribution in [3.8, 4) is 0 Å². The van der Waals surface area contributed by atoms with Crippen LogP contribution in [0, 0.1) is 0 Å². The Kier molecular flexibility index (Phi) is 63.6. The van der Waals surface area contributed by atoms with Gasteiger partial charge in [0.25, 0.3) is 0 Å². The van der Waals surface area contributed by atoms with Crippen molar-refractivity contribution in [2.24, 2.45) is 0 Å². The van der Waals surface area contributed by atoms with Crippen LogP contribution in [0.3, 0.4) is 0 Å². The average Bonchev–Trinajstić information content (AvgIpc) is 3.43. The van der Waals surface area contributed by atoms with E-state index >= 15 is 0 Å². The lowest BCUT2D eigenvalue weighted by Gasteiger charge is -2.18. The molecule has 0 fully saturated rings. The summed E-state index contributed by atoms with van der Waals surface area (Å²) in [7, 11) is 0. The first-order chi connectivity index (χ1) is 38.0. The minimum Gasteiger partial charge on any atom is -0.462 e. The molecule has 6 heteroatoms. The SMILES string of the molecule is CCCCCCC/C=C\C/C=C\CCCCCCCCCCCC(=O)OCC(COC(=O)CCCCCCCCCCCCCCCCCCC)OC(=O)CCCCCCCCCCC/C=C\C/C=C\CCCCCCC. The fourth-order valence-electron chi connectivity index (χ4n) is 10.2. The fourth-order valence-corrected chi connectivity index (χ4v) is 10.2. The Morgan fingerprint density at radius 2 is 0.468 bits per heavy atom. The van der Waals surface area contributed by atoms with Crippen LogP contribution in [0.15, 0.2) is 48.6 Å². The first-order valence-electron chi connectivity index (χ1n) is 34.1. The zero-order chi connectivity index (χ0) is 55.7. The van der Waals surface area contributed by atoms with Gasteiger partial charge < -0.3 is 14.2 Å². The summed E-state index contributed by atoms with van der Waals surface area (Å²) in [4.78, 5) is 38.4. The molecule has 0 spiro atoms. The van der Waals surface area contributed by atoms with Crippen molar-refractivity contribution in [1.29, 1.82) is 0 Å². The lowest BCUT2D eigenvalue weighted by atomic mass is 10.0. The van der Waals surface area contributed by atoms with Gasteiger partial charge in [-0.05, 0) is 83.5 Å². The lowest BCUT2D eigenvalue weighted by Crippen LogP contribution is -2.30. The van der Waals surface area contributed by atoms with E-state index in [0.29, 0.717) is 19.3 Å². The van der Waals surface area contributed by atoms with E-state index in [9.17, 15) is 14.4 Å². The third-order valence-corrected chi connectivity index (χ3v) is 15.3. The highest BCUT2D eigenvalue weighted by Gasteiger charge is 2.19. The molecule has 0 aliphatic rings. The van der Waals surface area contributed by atoms with E-state index in [0.717, 1.165) is 70.6 Å². The van der Waals surface area contributed by atoms with Gasteiger partial charge in [0.15, 0.2) is 6.10 Å². The van der Waals surface area contributed by atoms with Gasteiger partial charge in [0.1, 0.15) is 13.2 Å². The van der Waals surface area contributed by atoms with Crippen LogP contribution in [-0.4, -0.2) is 37.2 Å². The van der Waals surface area contributed by atoms with E-state index in [4.69, 9.17) is 14.2 Å². The van der Waals surface area contributed by atoms with Crippen molar-refractivity contribution in [2.75, 3.05) is 13.2 Å². The third-order valence-electron chi connectivity index (χ3n) is 15.3. The van der Waals surface area contributed by atoms with E-state index < -0.39 is 6.10 Å². The van der Waals surface area contributed by atoms with Crippen LogP contribution in [0.4, 0.5) is 0 Å². The van der Waals surface area contributed by atoms with Gasteiger partial charge in [-0.15, -0.1) is 0 Å². The van der Waals surface area contributed by atoms with Gasteiger partial charge in [-0.1, -0.05) is 313 Å². The number of rotatable bonds is 63. The summed E-state index contributed by atoms with van der Waals surface area (Å²) in [6.07, 6.45) is 82.6. The topological polar surface area (TPSA) is 78.9 Å². The number of hydrogen-bond donors (Lipinski definition) is 0. The number of unbranched alkanes of at least 4 members (excludes halogenated alkanes) is 44. The second-order valence-electron chi connectivity index (χ2n) is 23.1. The molecular weight excluding hydrogens is 949 g/mol. The molecule has 77 heavy (non-hydrogen) atoms. The standard InChI is InChI=1S/C71H130O6/c1-4-7-10-13-16-19-22-25-28-31-33-35-37-40-43-46-49-52-55-58-61-64-70(73)76-67-68(66-75-69(72)63-60-57-54-51-48-45-42-39-30-27-24-21-18-15-12-9-6-3)77-71(74)65-62-59-56-53-50-47-44-41-38-36-34-32-29-26-23-20-17-14-11-8-5-2/h22-23,25-26,31-34,68H,4-21,24,27-30,35-67H2,1-3H3/b25-22-,26-23-,33-31-,34-32-. The van der Waals surface area contributed by atoms with E-state index in [1.54, 1.807) is 0 Å². The van der Waals surface area contributed by atoms with Gasteiger partial charge in [-0.3, -0.25) is 14.4 Å². The second kappa shape index (κ2) is 65.9. The van der Waals surface area contributed by atoms with Crippen LogP contribution < -0.4 is 0 Å². The Balaban J connectivity index is 4.35. The van der Waals surface area contributed by atoms with Gasteiger partial charge in [-0.25, -0.2) is 0 Å². The molecule has 0 amide bonds. The van der Waals surface area contributed by atoms with Crippen molar-refractivity contribution in [1.82, 2.24) is 0 Å². The molecule has 0 aromatic rings. The summed E-state index contributed by atoms with van der Waals surface area (Å²) in [6, 6.07) is 0. The maximum atomic E-state index is 12.9. The zero-order valence-electron chi connectivity index (χ0n) is 51.7. The number of carbonyl (C=O) groups excluding carboxylic acids is 3. The van der Waals surface area contributed by atoms with Crippen LogP contribution in [0.2, 0.25) is 0 Å². The molecule has 0 radical (unpaired) electrons. The monoisotopic (exact) mass is 1080 g/mol. The fraction of sp³-hybridized carbons (Fsp3) is 0.845. The number of hydrogen-bond acceptors (Lipinski definition) is 6. The minimum atomic E-state index is -0.777. The largest absolute Gasteiger partial charge is 0.462 e. The average molecular weight is 1080 g/mol. The van der Waals surface area contributed by atoms with Crippen LogP contribution in [0.25, 0.3) is 0 Å². The molecule has 0 heterocycles. The highest BCUT2D eigenvalue weighted by Crippen LogP contribution is 2.18. The Hall–Kier alpha value is -2.63. The molecule has 0 rings (SSSR count). The predicted molar refractivity (Wildman–Crippen MR) is 335 cm³/mol. The summed E-state index contributed by atoms with van der Waals surface area (Å²) in [5.41, 5.74) is 0. The van der Waals surface area contributed by atoms with Crippen molar-refractivity contribution >= 4 is 17.9 Å². The van der Waals surface area contributed by atoms with Crippen molar-refractivity contribution in [3.05, 3.63) is 48.6 Å². The summed E-state index contributed by atoms with van der Waals surface area (Å²) < 4.78 is 17.0. The second-order valence-corrected chi connectivity index (χ2v) is 23.1. The number of esters is 3. The normalized spacial score (nSPS) is 12.3. The summed E-state index contributed by atoms with van der Waals surface area (Å²) in [5, 5.41) is 0. The zero-order valence-corrected chi connectivity index (χ0v) is 51.7. The van der Waals surface area contributed by atoms with E-state index in [2.05, 4.69) is 69.4 Å². The molecule has 1 unspecified atom stereocenters. The number of ether oxygens (including phenoxy) is 3. The highest BCUT2D eigenvalue weighted by molar-refractivity contribution is 5.71. The van der Waals surface area contributed by atoms with E-state index in [-0.39, 0.29) is 31.1 Å². The first kappa shape index (κ1) is 74.4. The molecule has 0 N–H and O–H groups in total. The summed E-state index contributed by atoms with van der Waals surface area (Å²) in [5.74, 6) is -0.855. The summed E-state index contributed by atoms with van der Waals surface area (Å²) >= 11 is 0. The highest BCUT2D eigenvalue weighted by atomic mass is 16.6. The van der Waals surface area contributed by atoms with Crippen LogP contribution in [0.1, 0.15) is 367 Å². The molecule has 0 aliphatic carbocycles. The molecule has 0 bridgehead atoms. The van der Waals surface area contributed by atoms with E-state index in [1.165, 1.54) is 257 Å². The van der Waals surface area contributed by atoms with Crippen molar-refractivity contribution in [2.45, 2.75) is 374 Å². The maximum absolute atomic E-state index is 12.9. The van der Waals surface area contributed by atoms with Gasteiger partial charge in [-0.2, -0.15) is 0 Å². The first-order valence-corrected chi connectivity index (χ1v) is 34.1. The van der Waals surface area contributed by atoms with Crippen LogP contribution >= 0.6 is 0 Å². The third kappa shape index (κ3) is 64.1. The quantitative estimate of drug-likeness (QED) is 0.0261. The van der Waals surface area contributed by atoms with Crippen LogP contribution in [0.5, 0.6) is 0 Å². The number of carbonyl (C=O) groups is 3. The van der Waals surface area contributed by atoms with E-state index in [1.807, 2.05) is 0 Å². The molecule has 0 saturated carbocycles. The molecule has 1 atom stereocenters. The Morgan fingerprint density at radius 1 is 0.260 bits per heavy atom. The Morgan fingerprint density at radius 3 is 0.714 bits per heavy atom. The molecular formula is C71H130O6. The molecule has 0 aromatic heterocycles. The Labute approximate surface area is 479 Å². The molecule has 0 aromatic carbocycles. The molecule has 0 saturated heterocycles. The lowest BCUT2D eigenvalue weighted by molar-refractivity contribution is -0.167. The van der Waals surface area contributed by atoms with Gasteiger partial charge >= 0.3 is 17.9 Å². The van der Waals surface area contributed by atoms with Crippen molar-refractivity contribution < 1.29 is 28.6 Å². The number of allylic oxidation sites excluding steroid dienone is 8.